The zero-order valence-corrected chi connectivity index (χ0v) is 14.1. The molecule has 0 atom stereocenters. The number of rotatable bonds is 9. The summed E-state index contributed by atoms with van der Waals surface area (Å²) >= 11 is 0. The number of benzene rings is 2. The molecule has 0 amide bonds. The summed E-state index contributed by atoms with van der Waals surface area (Å²) in [4.78, 5) is 1.62. The van der Waals surface area contributed by atoms with Crippen LogP contribution in [0.3, 0.4) is 0 Å². The van der Waals surface area contributed by atoms with E-state index in [-0.39, 0.29) is 0 Å². The number of unbranched alkanes of at least 4 members (excludes halogenated alkanes) is 1. The van der Waals surface area contributed by atoms with Crippen LogP contribution in [0.15, 0.2) is 72.8 Å². The number of hydrogen-bond donors (Lipinski definition) is 1. The van der Waals surface area contributed by atoms with Gasteiger partial charge in [0, 0.05) is 0 Å². The topological polar surface area (TPSA) is 4.44 Å². The molecule has 0 heterocycles. The van der Waals surface area contributed by atoms with E-state index in [0.29, 0.717) is 0 Å². The first-order valence-electron chi connectivity index (χ1n) is 8.65. The summed E-state index contributed by atoms with van der Waals surface area (Å²) < 4.78 is 0. The zero-order chi connectivity index (χ0) is 16.2. The Labute approximate surface area is 141 Å². The predicted molar refractivity (Wildman–Crippen MR) is 101 cm³/mol. The van der Waals surface area contributed by atoms with E-state index < -0.39 is 0 Å². The molecule has 0 aliphatic carbocycles. The Morgan fingerprint density at radius 2 is 1.22 bits per heavy atom. The Kier molecular flexibility index (Phi) is 7.93. The van der Waals surface area contributed by atoms with E-state index in [4.69, 9.17) is 0 Å². The largest absolute Gasteiger partial charge is 0.328 e. The zero-order valence-electron chi connectivity index (χ0n) is 14.1. The van der Waals surface area contributed by atoms with Gasteiger partial charge in [-0.15, -0.1) is 0 Å². The summed E-state index contributed by atoms with van der Waals surface area (Å²) in [5.74, 6) is 0. The molecule has 0 saturated carbocycles. The number of quaternary nitrogens is 1. The summed E-state index contributed by atoms with van der Waals surface area (Å²) in [5, 5.41) is 0. The maximum atomic E-state index is 2.30. The minimum atomic E-state index is 1.08. The lowest BCUT2D eigenvalue weighted by Gasteiger charge is -2.15. The van der Waals surface area contributed by atoms with Crippen LogP contribution in [0.2, 0.25) is 0 Å². The molecule has 2 rings (SSSR count). The minimum absolute atomic E-state index is 1.08. The van der Waals surface area contributed by atoms with Gasteiger partial charge in [0.1, 0.15) is 0 Å². The third kappa shape index (κ3) is 7.12. The van der Waals surface area contributed by atoms with Gasteiger partial charge >= 0.3 is 0 Å². The molecule has 0 aliphatic rings. The van der Waals surface area contributed by atoms with Crippen LogP contribution in [-0.4, -0.2) is 19.6 Å². The van der Waals surface area contributed by atoms with Crippen LogP contribution in [0.4, 0.5) is 0 Å². The summed E-state index contributed by atoms with van der Waals surface area (Å²) in [6.45, 7) is 5.65. The molecule has 120 valence electrons. The molecular formula is C22H28N+. The highest BCUT2D eigenvalue weighted by molar-refractivity contribution is 5.49. The van der Waals surface area contributed by atoms with E-state index in [1.807, 2.05) is 0 Å². The smallest absolute Gasteiger partial charge is 0.0963 e. The Bertz CT molecular complexity index is 532. The molecule has 0 aromatic heterocycles. The van der Waals surface area contributed by atoms with Crippen molar-refractivity contribution in [3.05, 3.63) is 83.9 Å². The fourth-order valence-electron chi connectivity index (χ4n) is 2.57. The number of hydrogen-bond acceptors (Lipinski definition) is 0. The van der Waals surface area contributed by atoms with E-state index in [1.165, 1.54) is 30.5 Å². The predicted octanol–water partition coefficient (Wildman–Crippen LogP) is 4.10. The Hall–Kier alpha value is -2.12. The summed E-state index contributed by atoms with van der Waals surface area (Å²) in [5.41, 5.74) is 2.56. The van der Waals surface area contributed by atoms with Crippen molar-refractivity contribution >= 4 is 12.2 Å². The van der Waals surface area contributed by atoms with Gasteiger partial charge in [-0.1, -0.05) is 86.2 Å². The molecule has 2 aromatic rings. The van der Waals surface area contributed by atoms with Crippen LogP contribution >= 0.6 is 0 Å². The average Bonchev–Trinajstić information content (AvgIpc) is 2.61. The van der Waals surface area contributed by atoms with Crippen LogP contribution < -0.4 is 4.90 Å². The minimum Gasteiger partial charge on any atom is -0.328 e. The van der Waals surface area contributed by atoms with E-state index >= 15 is 0 Å². The van der Waals surface area contributed by atoms with E-state index in [2.05, 4.69) is 91.9 Å². The van der Waals surface area contributed by atoms with Crippen molar-refractivity contribution in [1.29, 1.82) is 0 Å². The molecule has 0 saturated heterocycles. The van der Waals surface area contributed by atoms with Gasteiger partial charge in [0.15, 0.2) is 0 Å². The molecule has 0 fully saturated rings. The molecule has 1 heteroatoms. The quantitative estimate of drug-likeness (QED) is 0.711. The third-order valence-electron chi connectivity index (χ3n) is 3.92. The van der Waals surface area contributed by atoms with Crippen LogP contribution in [0, 0.1) is 0 Å². The second-order valence-corrected chi connectivity index (χ2v) is 5.89. The Morgan fingerprint density at radius 3 is 1.65 bits per heavy atom. The maximum Gasteiger partial charge on any atom is 0.0963 e. The van der Waals surface area contributed by atoms with Crippen molar-refractivity contribution in [2.24, 2.45) is 0 Å². The molecule has 23 heavy (non-hydrogen) atoms. The number of nitrogens with one attached hydrogen (secondary N) is 1. The van der Waals surface area contributed by atoms with E-state index in [0.717, 1.165) is 13.1 Å². The van der Waals surface area contributed by atoms with Crippen molar-refractivity contribution in [2.75, 3.05) is 19.6 Å². The van der Waals surface area contributed by atoms with Gasteiger partial charge in [-0.05, 0) is 29.7 Å². The van der Waals surface area contributed by atoms with Crippen LogP contribution in [0.5, 0.6) is 0 Å². The summed E-state index contributed by atoms with van der Waals surface area (Å²) in [6.07, 6.45) is 11.6. The highest BCUT2D eigenvalue weighted by Crippen LogP contribution is 2.00. The lowest BCUT2D eigenvalue weighted by Crippen LogP contribution is -3.11. The molecule has 2 aromatic carbocycles. The van der Waals surface area contributed by atoms with E-state index in [1.54, 1.807) is 4.90 Å². The Morgan fingerprint density at radius 1 is 0.739 bits per heavy atom. The first-order valence-corrected chi connectivity index (χ1v) is 8.65. The fraction of sp³-hybridized carbons (Fsp3) is 0.273. The molecule has 0 unspecified atom stereocenters. The second kappa shape index (κ2) is 10.6. The normalized spacial score (nSPS) is 11.7. The van der Waals surface area contributed by atoms with Gasteiger partial charge in [-0.25, -0.2) is 0 Å². The molecular weight excluding hydrogens is 278 g/mol. The lowest BCUT2D eigenvalue weighted by atomic mass is 10.2. The highest BCUT2D eigenvalue weighted by atomic mass is 15.1. The SMILES string of the molecule is CCCC[NH+](C/C=C/c1ccccc1)C/C=C/c1ccccc1. The summed E-state index contributed by atoms with van der Waals surface area (Å²) in [6, 6.07) is 21.1. The molecule has 0 bridgehead atoms. The van der Waals surface area contributed by atoms with Gasteiger partial charge in [0.2, 0.25) is 0 Å². The molecule has 1 nitrogen and oxygen atoms in total. The van der Waals surface area contributed by atoms with Gasteiger partial charge in [0.05, 0.1) is 19.6 Å². The van der Waals surface area contributed by atoms with Crippen LogP contribution in [0.25, 0.3) is 12.2 Å². The van der Waals surface area contributed by atoms with Crippen molar-refractivity contribution in [1.82, 2.24) is 0 Å². The van der Waals surface area contributed by atoms with Crippen molar-refractivity contribution in [3.8, 4) is 0 Å². The van der Waals surface area contributed by atoms with Gasteiger partial charge in [-0.3, -0.25) is 0 Å². The molecule has 0 spiro atoms. The van der Waals surface area contributed by atoms with Crippen LogP contribution in [0.1, 0.15) is 30.9 Å². The maximum absolute atomic E-state index is 2.30. The Balaban J connectivity index is 1.86. The van der Waals surface area contributed by atoms with Crippen molar-refractivity contribution in [3.63, 3.8) is 0 Å². The standard InChI is InChI=1S/C22H27N/c1-2-3-18-23(19-10-16-21-12-6-4-7-13-21)20-11-17-22-14-8-5-9-15-22/h4-17H,2-3,18-20H2,1H3/p+1/b16-10+,17-11+. The monoisotopic (exact) mass is 306 g/mol. The highest BCUT2D eigenvalue weighted by Gasteiger charge is 2.03. The van der Waals surface area contributed by atoms with Crippen molar-refractivity contribution < 1.29 is 4.90 Å². The summed E-state index contributed by atoms with van der Waals surface area (Å²) in [7, 11) is 0. The molecule has 1 N–H and O–H groups in total. The molecule has 0 radical (unpaired) electrons. The van der Waals surface area contributed by atoms with E-state index in [9.17, 15) is 0 Å². The van der Waals surface area contributed by atoms with Gasteiger partial charge < -0.3 is 4.90 Å². The van der Waals surface area contributed by atoms with Gasteiger partial charge in [0.25, 0.3) is 0 Å². The van der Waals surface area contributed by atoms with Crippen LogP contribution in [-0.2, 0) is 0 Å². The van der Waals surface area contributed by atoms with Crippen molar-refractivity contribution in [2.45, 2.75) is 19.8 Å². The fourth-order valence-corrected chi connectivity index (χ4v) is 2.57. The third-order valence-corrected chi connectivity index (χ3v) is 3.92. The van der Waals surface area contributed by atoms with Gasteiger partial charge in [-0.2, -0.15) is 0 Å². The lowest BCUT2D eigenvalue weighted by molar-refractivity contribution is -0.888. The average molecular weight is 306 g/mol. The first kappa shape index (κ1) is 17.2. The second-order valence-electron chi connectivity index (χ2n) is 5.89. The molecule has 0 aliphatic heterocycles. The first-order chi connectivity index (χ1) is 11.4.